The van der Waals surface area contributed by atoms with Crippen LogP contribution in [0.25, 0.3) is 0 Å². The summed E-state index contributed by atoms with van der Waals surface area (Å²) in [5.74, 6) is 1.71. The molecule has 3 heterocycles. The molecule has 0 aliphatic carbocycles. The lowest BCUT2D eigenvalue weighted by Crippen LogP contribution is -2.56. The molecule has 168 valence electrons. The third-order valence-electron chi connectivity index (χ3n) is 6.16. The number of rotatable bonds is 6. The minimum Gasteiger partial charge on any atom is -0.341 e. The number of aromatic nitrogens is 2. The van der Waals surface area contributed by atoms with Crippen LogP contribution in [0.3, 0.4) is 0 Å². The average molecular weight is 420 g/mol. The number of likely N-dealkylation sites (tertiary alicyclic amines) is 1. The molecule has 0 saturated carbocycles. The molecule has 30 heavy (non-hydrogen) atoms. The molecule has 2 fully saturated rings. The molecule has 1 aromatic heterocycles. The zero-order valence-corrected chi connectivity index (χ0v) is 19.0. The van der Waals surface area contributed by atoms with Gasteiger partial charge in [0.05, 0.1) is 6.04 Å². The van der Waals surface area contributed by atoms with Crippen molar-refractivity contribution in [3.05, 3.63) is 11.7 Å². The fraction of sp³-hybridized carbons (Fsp3) is 0.818. The third kappa shape index (κ3) is 5.80. The van der Waals surface area contributed by atoms with Crippen LogP contribution in [-0.2, 0) is 21.4 Å². The van der Waals surface area contributed by atoms with Crippen LogP contribution >= 0.6 is 0 Å². The molecule has 2 amide bonds. The quantitative estimate of drug-likeness (QED) is 0.703. The predicted octanol–water partition coefficient (Wildman–Crippen LogP) is 2.23. The summed E-state index contributed by atoms with van der Waals surface area (Å²) >= 11 is 0. The normalized spacial score (nSPS) is 19.7. The number of piperazine rings is 1. The molecule has 2 saturated heterocycles. The molecule has 1 atom stereocenters. The number of hydrogen-bond donors (Lipinski definition) is 0. The van der Waals surface area contributed by atoms with E-state index in [1.165, 1.54) is 6.42 Å². The molecular formula is C22H37N5O3. The Morgan fingerprint density at radius 2 is 1.67 bits per heavy atom. The van der Waals surface area contributed by atoms with Crippen molar-refractivity contribution < 1.29 is 14.1 Å². The van der Waals surface area contributed by atoms with Crippen LogP contribution in [-0.4, -0.2) is 82.0 Å². The van der Waals surface area contributed by atoms with Gasteiger partial charge in [-0.25, -0.2) is 0 Å². The van der Waals surface area contributed by atoms with Crippen LogP contribution in [0.1, 0.15) is 71.5 Å². The highest BCUT2D eigenvalue weighted by molar-refractivity contribution is 5.81. The van der Waals surface area contributed by atoms with Gasteiger partial charge in [0.2, 0.25) is 17.7 Å². The maximum atomic E-state index is 12.7. The Balaban J connectivity index is 1.38. The van der Waals surface area contributed by atoms with Gasteiger partial charge in [0.25, 0.3) is 0 Å². The average Bonchev–Trinajstić information content (AvgIpc) is 3.23. The molecule has 3 rings (SSSR count). The van der Waals surface area contributed by atoms with E-state index in [0.29, 0.717) is 44.1 Å². The van der Waals surface area contributed by atoms with E-state index in [0.717, 1.165) is 39.0 Å². The lowest BCUT2D eigenvalue weighted by Gasteiger charge is -2.39. The molecule has 1 aromatic rings. The second-order valence-electron chi connectivity index (χ2n) is 9.59. The van der Waals surface area contributed by atoms with Crippen molar-refractivity contribution in [2.75, 3.05) is 39.3 Å². The second-order valence-corrected chi connectivity index (χ2v) is 9.59. The van der Waals surface area contributed by atoms with Gasteiger partial charge in [-0.3, -0.25) is 14.5 Å². The van der Waals surface area contributed by atoms with Crippen molar-refractivity contribution in [3.8, 4) is 0 Å². The van der Waals surface area contributed by atoms with Gasteiger partial charge in [0, 0.05) is 57.5 Å². The summed E-state index contributed by atoms with van der Waals surface area (Å²) in [6.07, 6.45) is 5.26. The number of aryl methyl sites for hydroxylation is 1. The molecule has 0 N–H and O–H groups in total. The lowest BCUT2D eigenvalue weighted by atomic mass is 9.96. The molecule has 2 aliphatic heterocycles. The highest BCUT2D eigenvalue weighted by Gasteiger charge is 2.30. The van der Waals surface area contributed by atoms with Crippen molar-refractivity contribution in [2.24, 2.45) is 0 Å². The minimum atomic E-state index is -0.135. The van der Waals surface area contributed by atoms with Gasteiger partial charge in [0.15, 0.2) is 5.82 Å². The summed E-state index contributed by atoms with van der Waals surface area (Å²) in [6, 6.07) is -0.102. The Labute approximate surface area is 180 Å². The van der Waals surface area contributed by atoms with Crippen LogP contribution in [0.15, 0.2) is 4.52 Å². The topological polar surface area (TPSA) is 82.8 Å². The van der Waals surface area contributed by atoms with Crippen LogP contribution in [0.4, 0.5) is 0 Å². The highest BCUT2D eigenvalue weighted by Crippen LogP contribution is 2.19. The van der Waals surface area contributed by atoms with Crippen molar-refractivity contribution in [1.29, 1.82) is 0 Å². The van der Waals surface area contributed by atoms with Crippen molar-refractivity contribution in [1.82, 2.24) is 24.8 Å². The first-order valence-electron chi connectivity index (χ1n) is 11.4. The Hall–Kier alpha value is -1.96. The molecule has 0 radical (unpaired) electrons. The fourth-order valence-electron chi connectivity index (χ4n) is 4.10. The first kappa shape index (κ1) is 22.7. The Morgan fingerprint density at radius 1 is 1.00 bits per heavy atom. The smallest absolute Gasteiger partial charge is 0.239 e. The van der Waals surface area contributed by atoms with Gasteiger partial charge in [0.1, 0.15) is 0 Å². The van der Waals surface area contributed by atoms with Crippen LogP contribution in [0.2, 0.25) is 0 Å². The Morgan fingerprint density at radius 3 is 2.27 bits per heavy atom. The summed E-state index contributed by atoms with van der Waals surface area (Å²) < 4.78 is 5.30. The maximum absolute atomic E-state index is 12.7. The van der Waals surface area contributed by atoms with E-state index in [4.69, 9.17) is 4.52 Å². The first-order chi connectivity index (χ1) is 14.3. The third-order valence-corrected chi connectivity index (χ3v) is 6.16. The highest BCUT2D eigenvalue weighted by atomic mass is 16.5. The van der Waals surface area contributed by atoms with Crippen LogP contribution in [0, 0.1) is 0 Å². The second kappa shape index (κ2) is 9.90. The number of piperidine rings is 1. The van der Waals surface area contributed by atoms with Crippen LogP contribution < -0.4 is 0 Å². The minimum absolute atomic E-state index is 0.102. The van der Waals surface area contributed by atoms with Gasteiger partial charge in [-0.15, -0.1) is 0 Å². The first-order valence-corrected chi connectivity index (χ1v) is 11.4. The number of carbonyl (C=O) groups excluding carboxylic acids is 2. The standard InChI is InChI=1S/C22H37N5O3/c1-17(20(29)27-11-6-5-7-12-27)25-13-15-26(16-14-25)19(28)10-8-9-18-23-21(24-30-18)22(2,3)4/h17H,5-16H2,1-4H3. The number of carbonyl (C=O) groups is 2. The molecular weight excluding hydrogens is 382 g/mol. The largest absolute Gasteiger partial charge is 0.341 e. The molecule has 0 spiro atoms. The van der Waals surface area contributed by atoms with E-state index in [1.807, 2.05) is 37.5 Å². The SMILES string of the molecule is CC(C(=O)N1CCCCC1)N1CCN(C(=O)CCCc2nc(C(C)(C)C)no2)CC1. The lowest BCUT2D eigenvalue weighted by molar-refractivity contribution is -0.139. The summed E-state index contributed by atoms with van der Waals surface area (Å²) in [5.41, 5.74) is -0.135. The van der Waals surface area contributed by atoms with Crippen LogP contribution in [0.5, 0.6) is 0 Å². The van der Waals surface area contributed by atoms with Gasteiger partial charge in [-0.1, -0.05) is 25.9 Å². The molecule has 0 bridgehead atoms. The van der Waals surface area contributed by atoms with E-state index in [1.54, 1.807) is 0 Å². The van der Waals surface area contributed by atoms with E-state index in [2.05, 4.69) is 15.0 Å². The monoisotopic (exact) mass is 419 g/mol. The summed E-state index contributed by atoms with van der Waals surface area (Å²) in [4.78, 5) is 35.9. The molecule has 0 aromatic carbocycles. The van der Waals surface area contributed by atoms with Gasteiger partial charge in [-0.05, 0) is 32.6 Å². The summed E-state index contributed by atoms with van der Waals surface area (Å²) in [7, 11) is 0. The zero-order valence-electron chi connectivity index (χ0n) is 19.0. The summed E-state index contributed by atoms with van der Waals surface area (Å²) in [6.45, 7) is 12.8. The number of nitrogens with zero attached hydrogens (tertiary/aromatic N) is 5. The molecule has 1 unspecified atom stereocenters. The van der Waals surface area contributed by atoms with Crippen molar-refractivity contribution in [3.63, 3.8) is 0 Å². The van der Waals surface area contributed by atoms with Gasteiger partial charge >= 0.3 is 0 Å². The fourth-order valence-corrected chi connectivity index (χ4v) is 4.10. The summed E-state index contributed by atoms with van der Waals surface area (Å²) in [5, 5.41) is 4.03. The number of amides is 2. The zero-order chi connectivity index (χ0) is 21.7. The van der Waals surface area contributed by atoms with Crippen molar-refractivity contribution >= 4 is 11.8 Å². The predicted molar refractivity (Wildman–Crippen MR) is 114 cm³/mol. The Kier molecular flexibility index (Phi) is 7.50. The van der Waals surface area contributed by atoms with Gasteiger partial charge in [-0.2, -0.15) is 4.98 Å². The molecule has 8 heteroatoms. The maximum Gasteiger partial charge on any atom is 0.239 e. The van der Waals surface area contributed by atoms with Crippen molar-refractivity contribution in [2.45, 2.75) is 77.7 Å². The number of hydrogen-bond acceptors (Lipinski definition) is 6. The van der Waals surface area contributed by atoms with E-state index < -0.39 is 0 Å². The molecule has 8 nitrogen and oxygen atoms in total. The molecule has 2 aliphatic rings. The van der Waals surface area contributed by atoms with Gasteiger partial charge < -0.3 is 14.3 Å². The van der Waals surface area contributed by atoms with E-state index >= 15 is 0 Å². The Bertz CT molecular complexity index is 713. The van der Waals surface area contributed by atoms with E-state index in [9.17, 15) is 9.59 Å². The van der Waals surface area contributed by atoms with E-state index in [-0.39, 0.29) is 23.3 Å².